The number of aryl methyl sites for hydroxylation is 1. The maximum atomic E-state index is 12.6. The van der Waals surface area contributed by atoms with Gasteiger partial charge in [0.15, 0.2) is 10.8 Å². The van der Waals surface area contributed by atoms with E-state index in [2.05, 4.69) is 25.3 Å². The molecule has 0 saturated heterocycles. The van der Waals surface area contributed by atoms with Crippen LogP contribution in [0.1, 0.15) is 46.6 Å². The molecular weight excluding hydrogens is 374 g/mol. The van der Waals surface area contributed by atoms with Crippen molar-refractivity contribution in [1.29, 1.82) is 0 Å². The highest BCUT2D eigenvalue weighted by atomic mass is 32.1. The van der Waals surface area contributed by atoms with Gasteiger partial charge in [-0.2, -0.15) is 0 Å². The van der Waals surface area contributed by atoms with E-state index in [1.54, 1.807) is 24.7 Å². The molecule has 3 heterocycles. The van der Waals surface area contributed by atoms with Crippen LogP contribution in [0.2, 0.25) is 0 Å². The Hall–Kier alpha value is -2.87. The number of pyridine rings is 1. The van der Waals surface area contributed by atoms with Gasteiger partial charge in [0.05, 0.1) is 5.69 Å². The molecule has 3 aromatic heterocycles. The first-order valence-corrected chi connectivity index (χ1v) is 10.2. The second-order valence-corrected chi connectivity index (χ2v) is 7.71. The standard InChI is InChI=1S/C20H21N5O2S/c1-13-17(28-20(25-13)18-22-8-4-9-23-18)19(26)24-12-14-7-10-21-16(11-14)27-15-5-2-3-6-15/h4,7-11,15H,2-3,5-6,12H2,1H3,(H,24,26). The monoisotopic (exact) mass is 395 g/mol. The van der Waals surface area contributed by atoms with Crippen LogP contribution in [0.5, 0.6) is 5.88 Å². The van der Waals surface area contributed by atoms with Crippen molar-refractivity contribution in [1.82, 2.24) is 25.3 Å². The van der Waals surface area contributed by atoms with Gasteiger partial charge in [0.2, 0.25) is 5.88 Å². The Balaban J connectivity index is 1.40. The molecule has 1 amide bonds. The van der Waals surface area contributed by atoms with E-state index in [1.807, 2.05) is 19.1 Å². The predicted octanol–water partition coefficient (Wildman–Crippen LogP) is 3.55. The Morgan fingerprint density at radius 1 is 1.21 bits per heavy atom. The second kappa shape index (κ2) is 8.43. The van der Waals surface area contributed by atoms with E-state index in [9.17, 15) is 4.79 Å². The van der Waals surface area contributed by atoms with Crippen molar-refractivity contribution in [3.05, 3.63) is 52.9 Å². The lowest BCUT2D eigenvalue weighted by molar-refractivity contribution is 0.0954. The highest BCUT2D eigenvalue weighted by Crippen LogP contribution is 2.25. The number of rotatable bonds is 6. The van der Waals surface area contributed by atoms with E-state index in [4.69, 9.17) is 4.74 Å². The minimum absolute atomic E-state index is 0.160. The smallest absolute Gasteiger partial charge is 0.263 e. The number of carbonyl (C=O) groups excluding carboxylic acids is 1. The van der Waals surface area contributed by atoms with Crippen molar-refractivity contribution >= 4 is 17.2 Å². The first-order chi connectivity index (χ1) is 13.7. The molecule has 0 bridgehead atoms. The maximum Gasteiger partial charge on any atom is 0.263 e. The number of carbonyl (C=O) groups is 1. The molecule has 0 atom stereocenters. The Labute approximate surface area is 167 Å². The van der Waals surface area contributed by atoms with Crippen molar-refractivity contribution in [2.24, 2.45) is 0 Å². The molecule has 144 valence electrons. The molecular formula is C20H21N5O2S. The summed E-state index contributed by atoms with van der Waals surface area (Å²) in [5, 5.41) is 3.59. The van der Waals surface area contributed by atoms with Gasteiger partial charge >= 0.3 is 0 Å². The Bertz CT molecular complexity index is 954. The zero-order chi connectivity index (χ0) is 19.3. The van der Waals surface area contributed by atoms with Gasteiger partial charge in [0.25, 0.3) is 5.91 Å². The first kappa shape index (κ1) is 18.5. The van der Waals surface area contributed by atoms with Gasteiger partial charge < -0.3 is 10.1 Å². The fourth-order valence-corrected chi connectivity index (χ4v) is 4.11. The lowest BCUT2D eigenvalue weighted by Crippen LogP contribution is -2.22. The second-order valence-electron chi connectivity index (χ2n) is 6.72. The lowest BCUT2D eigenvalue weighted by Gasteiger charge is -2.12. The number of ether oxygens (including phenoxy) is 1. The fourth-order valence-electron chi connectivity index (χ4n) is 3.18. The van der Waals surface area contributed by atoms with Crippen LogP contribution in [0.15, 0.2) is 36.8 Å². The summed E-state index contributed by atoms with van der Waals surface area (Å²) in [6.45, 7) is 2.22. The number of nitrogens with zero attached hydrogens (tertiary/aromatic N) is 4. The van der Waals surface area contributed by atoms with Crippen molar-refractivity contribution < 1.29 is 9.53 Å². The van der Waals surface area contributed by atoms with Crippen LogP contribution in [0.4, 0.5) is 0 Å². The summed E-state index contributed by atoms with van der Waals surface area (Å²) in [6, 6.07) is 5.52. The molecule has 1 saturated carbocycles. The quantitative estimate of drug-likeness (QED) is 0.686. The third-order valence-electron chi connectivity index (χ3n) is 4.60. The average Bonchev–Trinajstić information content (AvgIpc) is 3.37. The largest absolute Gasteiger partial charge is 0.474 e. The SMILES string of the molecule is Cc1nc(-c2ncccn2)sc1C(=O)NCc1ccnc(OC2CCCC2)c1. The summed E-state index contributed by atoms with van der Waals surface area (Å²) in [4.78, 5) is 30.3. The molecule has 1 fully saturated rings. The number of amides is 1. The third kappa shape index (κ3) is 4.33. The van der Waals surface area contributed by atoms with Gasteiger partial charge in [0, 0.05) is 31.2 Å². The van der Waals surface area contributed by atoms with Crippen LogP contribution in [0.3, 0.4) is 0 Å². The Kier molecular flexibility index (Phi) is 5.57. The number of hydrogen-bond donors (Lipinski definition) is 1. The van der Waals surface area contributed by atoms with Gasteiger partial charge in [-0.25, -0.2) is 19.9 Å². The molecule has 0 radical (unpaired) electrons. The topological polar surface area (TPSA) is 89.9 Å². The van der Waals surface area contributed by atoms with Crippen molar-refractivity contribution in [3.63, 3.8) is 0 Å². The van der Waals surface area contributed by atoms with Gasteiger partial charge in [-0.05, 0) is 50.3 Å². The lowest BCUT2D eigenvalue weighted by atomic mass is 10.2. The van der Waals surface area contributed by atoms with Crippen LogP contribution in [0.25, 0.3) is 10.8 Å². The number of nitrogens with one attached hydrogen (secondary N) is 1. The van der Waals surface area contributed by atoms with Gasteiger partial charge in [-0.1, -0.05) is 0 Å². The number of aromatic nitrogens is 4. The highest BCUT2D eigenvalue weighted by molar-refractivity contribution is 7.17. The normalized spacial score (nSPS) is 14.2. The van der Waals surface area contributed by atoms with Crippen molar-refractivity contribution in [2.45, 2.75) is 45.3 Å². The number of thiazole rings is 1. The molecule has 0 unspecified atom stereocenters. The molecule has 1 aliphatic rings. The van der Waals surface area contributed by atoms with Crippen LogP contribution in [-0.2, 0) is 6.54 Å². The van der Waals surface area contributed by atoms with E-state index >= 15 is 0 Å². The molecule has 1 N–H and O–H groups in total. The molecule has 7 nitrogen and oxygen atoms in total. The Morgan fingerprint density at radius 3 is 2.79 bits per heavy atom. The molecule has 1 aliphatic carbocycles. The van der Waals surface area contributed by atoms with E-state index in [1.165, 1.54) is 24.2 Å². The molecule has 3 aromatic rings. The van der Waals surface area contributed by atoms with E-state index in [0.29, 0.717) is 33.8 Å². The van der Waals surface area contributed by atoms with Crippen LogP contribution in [0, 0.1) is 6.92 Å². The molecule has 0 spiro atoms. The van der Waals surface area contributed by atoms with Crippen LogP contribution >= 0.6 is 11.3 Å². The summed E-state index contributed by atoms with van der Waals surface area (Å²) < 4.78 is 5.93. The van der Waals surface area contributed by atoms with E-state index < -0.39 is 0 Å². The summed E-state index contributed by atoms with van der Waals surface area (Å²) in [6.07, 6.45) is 9.89. The third-order valence-corrected chi connectivity index (χ3v) is 5.75. The summed E-state index contributed by atoms with van der Waals surface area (Å²) in [5.41, 5.74) is 1.62. The first-order valence-electron chi connectivity index (χ1n) is 9.33. The molecule has 0 aliphatic heterocycles. The predicted molar refractivity (Wildman–Crippen MR) is 106 cm³/mol. The minimum Gasteiger partial charge on any atom is -0.474 e. The average molecular weight is 395 g/mol. The molecule has 8 heteroatoms. The van der Waals surface area contributed by atoms with E-state index in [-0.39, 0.29) is 12.0 Å². The fraction of sp³-hybridized carbons (Fsp3) is 0.350. The summed E-state index contributed by atoms with van der Waals surface area (Å²) in [5.74, 6) is 0.987. The van der Waals surface area contributed by atoms with Crippen molar-refractivity contribution in [2.75, 3.05) is 0 Å². The Morgan fingerprint density at radius 2 is 2.00 bits per heavy atom. The maximum absolute atomic E-state index is 12.6. The molecule has 4 rings (SSSR count). The minimum atomic E-state index is -0.160. The van der Waals surface area contributed by atoms with Gasteiger partial charge in [0.1, 0.15) is 11.0 Å². The number of hydrogen-bond acceptors (Lipinski definition) is 7. The van der Waals surface area contributed by atoms with Crippen molar-refractivity contribution in [3.8, 4) is 16.7 Å². The van der Waals surface area contributed by atoms with Gasteiger partial charge in [-0.3, -0.25) is 4.79 Å². The highest BCUT2D eigenvalue weighted by Gasteiger charge is 2.18. The molecule has 0 aromatic carbocycles. The van der Waals surface area contributed by atoms with E-state index in [0.717, 1.165) is 18.4 Å². The zero-order valence-electron chi connectivity index (χ0n) is 15.6. The summed E-state index contributed by atoms with van der Waals surface area (Å²) >= 11 is 1.30. The molecule has 28 heavy (non-hydrogen) atoms. The van der Waals surface area contributed by atoms with Crippen LogP contribution < -0.4 is 10.1 Å². The zero-order valence-corrected chi connectivity index (χ0v) is 16.4. The van der Waals surface area contributed by atoms with Crippen LogP contribution in [-0.4, -0.2) is 31.9 Å². The summed E-state index contributed by atoms with van der Waals surface area (Å²) in [7, 11) is 0. The van der Waals surface area contributed by atoms with Gasteiger partial charge in [-0.15, -0.1) is 11.3 Å².